The molecule has 4 rings (SSSR count). The van der Waals surface area contributed by atoms with E-state index in [-0.39, 0.29) is 37.7 Å². The fraction of sp³-hybridized carbons (Fsp3) is 0.528. The molecule has 49 heavy (non-hydrogen) atoms. The first kappa shape index (κ1) is 37.0. The number of carbonyl (C=O) groups excluding carboxylic acids is 5. The van der Waals surface area contributed by atoms with E-state index in [9.17, 15) is 24.0 Å². The summed E-state index contributed by atoms with van der Waals surface area (Å²) in [4.78, 5) is 71.4. The highest BCUT2D eigenvalue weighted by Gasteiger charge is 2.55. The summed E-state index contributed by atoms with van der Waals surface area (Å²) in [6, 6.07) is 15.2. The first-order valence-corrected chi connectivity index (χ1v) is 16.8. The predicted octanol–water partition coefficient (Wildman–Crippen LogP) is 3.87. The molecule has 266 valence electrons. The van der Waals surface area contributed by atoms with Crippen molar-refractivity contribution in [2.24, 2.45) is 5.41 Å². The van der Waals surface area contributed by atoms with Crippen LogP contribution >= 0.6 is 0 Å². The average Bonchev–Trinajstić information content (AvgIpc) is 3.65. The molecule has 5 atom stereocenters. The fourth-order valence-corrected chi connectivity index (χ4v) is 6.13. The van der Waals surface area contributed by atoms with Crippen molar-refractivity contribution in [2.45, 2.75) is 97.4 Å². The van der Waals surface area contributed by atoms with E-state index in [1.807, 2.05) is 95.3 Å². The fourth-order valence-electron chi connectivity index (χ4n) is 6.13. The summed E-state index contributed by atoms with van der Waals surface area (Å²) in [5, 5.41) is 8.56. The molecule has 2 aromatic carbocycles. The summed E-state index contributed by atoms with van der Waals surface area (Å²) < 4.78 is 11.3. The summed E-state index contributed by atoms with van der Waals surface area (Å²) in [6.45, 7) is 11.5. The van der Waals surface area contributed by atoms with Gasteiger partial charge >= 0.3 is 18.2 Å². The number of ether oxygens (including phenoxy) is 2. The molecule has 0 radical (unpaired) electrons. The van der Waals surface area contributed by atoms with E-state index in [0.29, 0.717) is 13.0 Å². The molecule has 0 aliphatic carbocycles. The largest absolute Gasteiger partial charge is 0.445 e. The molecule has 2 aliphatic rings. The van der Waals surface area contributed by atoms with Gasteiger partial charge < -0.3 is 35.2 Å². The molecule has 0 saturated carbocycles. The van der Waals surface area contributed by atoms with Gasteiger partial charge in [-0.25, -0.2) is 14.4 Å². The first-order valence-electron chi connectivity index (χ1n) is 16.8. The zero-order valence-electron chi connectivity index (χ0n) is 29.5. The molecule has 13 nitrogen and oxygen atoms in total. The summed E-state index contributed by atoms with van der Waals surface area (Å²) >= 11 is 0. The summed E-state index contributed by atoms with van der Waals surface area (Å²) in [6.07, 6.45) is -1.66. The smallest absolute Gasteiger partial charge is 0.410 e. The van der Waals surface area contributed by atoms with E-state index < -0.39 is 53.8 Å². The lowest BCUT2D eigenvalue weighted by Gasteiger charge is -2.37. The molecule has 0 aromatic heterocycles. The Hall–Kier alpha value is -4.81. The van der Waals surface area contributed by atoms with Crippen molar-refractivity contribution in [1.29, 1.82) is 0 Å². The maximum absolute atomic E-state index is 14.4. The van der Waals surface area contributed by atoms with Crippen LogP contribution in [0.5, 0.6) is 0 Å². The minimum Gasteiger partial charge on any atom is -0.445 e. The van der Waals surface area contributed by atoms with Crippen LogP contribution in [0.2, 0.25) is 0 Å². The number of benzene rings is 2. The lowest BCUT2D eigenvalue weighted by atomic mass is 9.85. The van der Waals surface area contributed by atoms with Crippen molar-refractivity contribution in [2.75, 3.05) is 20.1 Å². The van der Waals surface area contributed by atoms with Crippen LogP contribution in [0.4, 0.5) is 14.4 Å². The summed E-state index contributed by atoms with van der Waals surface area (Å²) in [7, 11) is 1.47. The Morgan fingerprint density at radius 3 is 2.10 bits per heavy atom. The Morgan fingerprint density at radius 2 is 1.51 bits per heavy atom. The number of carbonyl (C=O) groups is 5. The quantitative estimate of drug-likeness (QED) is 0.346. The Bertz CT molecular complexity index is 1470. The lowest BCUT2D eigenvalue weighted by molar-refractivity contribution is -0.142. The van der Waals surface area contributed by atoms with Crippen LogP contribution in [0.15, 0.2) is 60.7 Å². The van der Waals surface area contributed by atoms with Gasteiger partial charge in [-0.15, -0.1) is 0 Å². The molecule has 3 N–H and O–H groups in total. The van der Waals surface area contributed by atoms with E-state index in [0.717, 1.165) is 11.1 Å². The van der Waals surface area contributed by atoms with Crippen LogP contribution in [0.25, 0.3) is 0 Å². The minimum absolute atomic E-state index is 0.0543. The number of fused-ring (bicyclic) bond motifs is 1. The molecule has 6 amide bonds. The number of hydrogen-bond donors (Lipinski definition) is 3. The van der Waals surface area contributed by atoms with Crippen molar-refractivity contribution >= 4 is 30.0 Å². The molecule has 2 saturated heterocycles. The second-order valence-electron chi connectivity index (χ2n) is 14.1. The molecule has 2 aromatic rings. The van der Waals surface area contributed by atoms with Crippen molar-refractivity contribution in [3.05, 3.63) is 71.8 Å². The standard InChI is InChI=1S/C36H50N6O7/c1-23(2)38-33(45)42-21-28(49-34(46)37-20-25-14-10-8-11-15-25)29-27(42)18-19-41(29)32(44)30(36(4,5)6)39-31(43)24(3)40(7)35(47)48-22-26-16-12-9-13-17-26/h8-17,23-24,27-30H,18-22H2,1-7H3,(H,37,46)(H,38,45)(H,39,43)/t24-,27+,28-,29-,30+/m0/s1. The molecule has 2 fully saturated rings. The van der Waals surface area contributed by atoms with Crippen LogP contribution in [0.3, 0.4) is 0 Å². The van der Waals surface area contributed by atoms with Crippen molar-refractivity contribution in [3.8, 4) is 0 Å². The van der Waals surface area contributed by atoms with E-state index >= 15 is 0 Å². The van der Waals surface area contributed by atoms with Crippen molar-refractivity contribution < 1.29 is 33.4 Å². The maximum atomic E-state index is 14.4. The van der Waals surface area contributed by atoms with Gasteiger partial charge in [0.15, 0.2) is 0 Å². The third kappa shape index (κ3) is 9.42. The van der Waals surface area contributed by atoms with Crippen LogP contribution in [0, 0.1) is 5.41 Å². The van der Waals surface area contributed by atoms with Gasteiger partial charge in [0.2, 0.25) is 11.8 Å². The van der Waals surface area contributed by atoms with Gasteiger partial charge in [0.1, 0.15) is 24.8 Å². The monoisotopic (exact) mass is 678 g/mol. The Kier molecular flexibility index (Phi) is 12.1. The minimum atomic E-state index is -0.985. The third-order valence-corrected chi connectivity index (χ3v) is 8.93. The van der Waals surface area contributed by atoms with Gasteiger partial charge in [-0.2, -0.15) is 0 Å². The molecule has 0 spiro atoms. The van der Waals surface area contributed by atoms with Gasteiger partial charge in [0, 0.05) is 26.2 Å². The van der Waals surface area contributed by atoms with Crippen LogP contribution in [0.1, 0.15) is 59.1 Å². The van der Waals surface area contributed by atoms with E-state index in [4.69, 9.17) is 9.47 Å². The molecule has 0 bridgehead atoms. The second kappa shape index (κ2) is 16.1. The highest BCUT2D eigenvalue weighted by atomic mass is 16.6. The van der Waals surface area contributed by atoms with E-state index in [1.54, 1.807) is 16.7 Å². The second-order valence-corrected chi connectivity index (χ2v) is 14.1. The maximum Gasteiger partial charge on any atom is 0.410 e. The van der Waals surface area contributed by atoms with Gasteiger partial charge in [-0.1, -0.05) is 81.4 Å². The third-order valence-electron chi connectivity index (χ3n) is 8.93. The Labute approximate surface area is 288 Å². The number of nitrogens with one attached hydrogen (secondary N) is 3. The van der Waals surface area contributed by atoms with Crippen LogP contribution in [-0.2, 0) is 32.2 Å². The number of rotatable bonds is 10. The van der Waals surface area contributed by atoms with Gasteiger partial charge in [0.25, 0.3) is 0 Å². The Morgan fingerprint density at radius 1 is 0.898 bits per heavy atom. The highest BCUT2D eigenvalue weighted by Crippen LogP contribution is 2.36. The number of likely N-dealkylation sites (tertiary alicyclic amines) is 2. The normalized spacial score (nSPS) is 19.8. The lowest BCUT2D eigenvalue weighted by Crippen LogP contribution is -2.60. The zero-order valence-corrected chi connectivity index (χ0v) is 29.5. The molecule has 0 unspecified atom stereocenters. The molecular formula is C36H50N6O7. The number of urea groups is 1. The predicted molar refractivity (Wildman–Crippen MR) is 183 cm³/mol. The average molecular weight is 679 g/mol. The molecule has 2 heterocycles. The number of alkyl carbamates (subject to hydrolysis) is 1. The van der Waals surface area contributed by atoms with Gasteiger partial charge in [0.05, 0.1) is 18.6 Å². The van der Waals surface area contributed by atoms with Gasteiger partial charge in [-0.05, 0) is 43.7 Å². The van der Waals surface area contributed by atoms with Crippen molar-refractivity contribution in [1.82, 2.24) is 30.7 Å². The number of likely N-dealkylation sites (N-methyl/N-ethyl adjacent to an activating group) is 1. The number of nitrogens with zero attached hydrogens (tertiary/aromatic N) is 3. The molecule has 13 heteroatoms. The topological polar surface area (TPSA) is 150 Å². The highest BCUT2D eigenvalue weighted by molar-refractivity contribution is 5.92. The van der Waals surface area contributed by atoms with Crippen LogP contribution < -0.4 is 16.0 Å². The zero-order chi connectivity index (χ0) is 35.9. The summed E-state index contributed by atoms with van der Waals surface area (Å²) in [5.74, 6) is -0.889. The van der Waals surface area contributed by atoms with E-state index in [1.165, 1.54) is 11.9 Å². The van der Waals surface area contributed by atoms with Gasteiger partial charge in [-0.3, -0.25) is 14.5 Å². The summed E-state index contributed by atoms with van der Waals surface area (Å²) in [5.41, 5.74) is 0.979. The molecule has 2 aliphatic heterocycles. The first-order chi connectivity index (χ1) is 23.2. The van der Waals surface area contributed by atoms with Crippen molar-refractivity contribution in [3.63, 3.8) is 0 Å². The number of amides is 6. The Balaban J connectivity index is 1.48. The SMILES string of the molecule is CC(C)NC(=O)N1C[C@H](OC(=O)NCc2ccccc2)[C@@H]2[C@H]1CCN2C(=O)[C@@H](NC(=O)[C@H](C)N(C)C(=O)OCc1ccccc1)C(C)(C)C. The number of hydrogen-bond acceptors (Lipinski definition) is 7. The molecular weight excluding hydrogens is 628 g/mol. The van der Waals surface area contributed by atoms with E-state index in [2.05, 4.69) is 16.0 Å². The van der Waals surface area contributed by atoms with Crippen LogP contribution in [-0.4, -0.2) is 101 Å².